The number of hydrogen-bond donors (Lipinski definition) is 1. The number of methoxy groups -OCH3 is 1. The van der Waals surface area contributed by atoms with Crippen LogP contribution in [0.25, 0.3) is 0 Å². The number of nitrogens with zero attached hydrogens (tertiary/aromatic N) is 1. The maximum atomic E-state index is 13.0. The zero-order valence-electron chi connectivity index (χ0n) is 14.5. The number of amides is 1. The van der Waals surface area contributed by atoms with Gasteiger partial charge in [-0.05, 0) is 55.3 Å². The Balaban J connectivity index is 1.80. The first-order valence-corrected chi connectivity index (χ1v) is 10.4. The lowest BCUT2D eigenvalue weighted by molar-refractivity contribution is -0.119. The average Bonchev–Trinajstić information content (AvgIpc) is 3.16. The Hall–Kier alpha value is -1.80. The second kappa shape index (κ2) is 8.06. The Morgan fingerprint density at radius 2 is 1.85 bits per heavy atom. The smallest absolute Gasteiger partial charge is 0.243 e. The third-order valence-corrected chi connectivity index (χ3v) is 7.02. The number of nitrogens with one attached hydrogen (secondary N) is 1. The van der Waals surface area contributed by atoms with Crippen molar-refractivity contribution in [2.24, 2.45) is 0 Å². The van der Waals surface area contributed by atoms with Crippen molar-refractivity contribution in [2.45, 2.75) is 23.8 Å². The summed E-state index contributed by atoms with van der Waals surface area (Å²) in [5.41, 5.74) is 0.461. The average molecular weight is 429 g/mol. The standard InChI is InChI=1S/C18H18Cl2N2O4S/c1-26-13-5-7-14(8-6-13)27(24,25)22-10-2-3-17(22)18(23)21-12-4-9-15(19)16(20)11-12/h4-9,11,17H,2-3,10H2,1H3,(H,21,23). The lowest BCUT2D eigenvalue weighted by Crippen LogP contribution is -2.43. The molecule has 27 heavy (non-hydrogen) atoms. The van der Waals surface area contributed by atoms with Crippen molar-refractivity contribution in [3.05, 3.63) is 52.5 Å². The van der Waals surface area contributed by atoms with Crippen molar-refractivity contribution in [3.63, 3.8) is 0 Å². The fourth-order valence-corrected chi connectivity index (χ4v) is 4.93. The van der Waals surface area contributed by atoms with Gasteiger partial charge in [0.25, 0.3) is 0 Å². The molecule has 1 aliphatic rings. The second-order valence-corrected chi connectivity index (χ2v) is 8.77. The summed E-state index contributed by atoms with van der Waals surface area (Å²) in [6, 6.07) is 10.0. The van der Waals surface area contributed by atoms with E-state index in [1.54, 1.807) is 24.3 Å². The summed E-state index contributed by atoms with van der Waals surface area (Å²) in [5.74, 6) is 0.159. The van der Waals surface area contributed by atoms with E-state index >= 15 is 0 Å². The van der Waals surface area contributed by atoms with Gasteiger partial charge in [-0.3, -0.25) is 4.79 Å². The van der Waals surface area contributed by atoms with Gasteiger partial charge in [-0.25, -0.2) is 8.42 Å². The zero-order chi connectivity index (χ0) is 19.6. The molecule has 6 nitrogen and oxygen atoms in total. The minimum atomic E-state index is -3.80. The molecule has 1 unspecified atom stereocenters. The number of sulfonamides is 1. The molecule has 144 valence electrons. The lowest BCUT2D eigenvalue weighted by atomic mass is 10.2. The zero-order valence-corrected chi connectivity index (χ0v) is 16.8. The number of benzene rings is 2. The molecule has 2 aromatic rings. The van der Waals surface area contributed by atoms with Crippen LogP contribution in [-0.4, -0.2) is 38.3 Å². The van der Waals surface area contributed by atoms with Gasteiger partial charge in [0.2, 0.25) is 15.9 Å². The first kappa shape index (κ1) is 19.9. The van der Waals surface area contributed by atoms with Crippen LogP contribution >= 0.6 is 23.2 Å². The van der Waals surface area contributed by atoms with Crippen molar-refractivity contribution >= 4 is 44.8 Å². The third-order valence-electron chi connectivity index (χ3n) is 4.36. The van der Waals surface area contributed by atoms with Crippen molar-refractivity contribution in [1.29, 1.82) is 0 Å². The van der Waals surface area contributed by atoms with Gasteiger partial charge in [0.05, 0.1) is 22.1 Å². The van der Waals surface area contributed by atoms with E-state index in [4.69, 9.17) is 27.9 Å². The number of carbonyl (C=O) groups is 1. The van der Waals surface area contributed by atoms with Gasteiger partial charge in [0.1, 0.15) is 11.8 Å². The molecule has 1 saturated heterocycles. The number of carbonyl (C=O) groups excluding carboxylic acids is 1. The van der Waals surface area contributed by atoms with Gasteiger partial charge in [0, 0.05) is 12.2 Å². The summed E-state index contributed by atoms with van der Waals surface area (Å²) in [5, 5.41) is 3.40. The minimum Gasteiger partial charge on any atom is -0.497 e. The first-order valence-electron chi connectivity index (χ1n) is 8.25. The SMILES string of the molecule is COc1ccc(S(=O)(=O)N2CCCC2C(=O)Nc2ccc(Cl)c(Cl)c2)cc1. The van der Waals surface area contributed by atoms with Crippen molar-refractivity contribution < 1.29 is 17.9 Å². The summed E-state index contributed by atoms with van der Waals surface area (Å²) in [4.78, 5) is 12.8. The quantitative estimate of drug-likeness (QED) is 0.785. The van der Waals surface area contributed by atoms with Crippen LogP contribution < -0.4 is 10.1 Å². The summed E-state index contributed by atoms with van der Waals surface area (Å²) in [6.45, 7) is 0.286. The topological polar surface area (TPSA) is 75.7 Å². The fourth-order valence-electron chi connectivity index (χ4n) is 2.97. The largest absolute Gasteiger partial charge is 0.497 e. The number of ether oxygens (including phenoxy) is 1. The van der Waals surface area contributed by atoms with Gasteiger partial charge in [-0.2, -0.15) is 4.31 Å². The maximum Gasteiger partial charge on any atom is 0.243 e. The van der Waals surface area contributed by atoms with Crippen molar-refractivity contribution in [1.82, 2.24) is 4.31 Å². The van der Waals surface area contributed by atoms with E-state index in [1.807, 2.05) is 0 Å². The van der Waals surface area contributed by atoms with E-state index in [2.05, 4.69) is 5.32 Å². The Kier molecular flexibility index (Phi) is 5.95. The van der Waals surface area contributed by atoms with Crippen molar-refractivity contribution in [3.8, 4) is 5.75 Å². The first-order chi connectivity index (χ1) is 12.8. The molecular weight excluding hydrogens is 411 g/mol. The highest BCUT2D eigenvalue weighted by Gasteiger charge is 2.39. The molecule has 3 rings (SSSR count). The van der Waals surface area contributed by atoms with Crippen LogP contribution in [0.3, 0.4) is 0 Å². The predicted molar refractivity (Wildman–Crippen MR) is 105 cm³/mol. The van der Waals surface area contributed by atoms with E-state index in [0.29, 0.717) is 34.3 Å². The van der Waals surface area contributed by atoms with Gasteiger partial charge in [-0.15, -0.1) is 0 Å². The van der Waals surface area contributed by atoms with Crippen LogP contribution in [0.15, 0.2) is 47.4 Å². The van der Waals surface area contributed by atoms with E-state index in [0.717, 1.165) is 0 Å². The molecule has 9 heteroatoms. The van der Waals surface area contributed by atoms with Crippen LogP contribution in [-0.2, 0) is 14.8 Å². The van der Waals surface area contributed by atoms with Crippen LogP contribution in [0.5, 0.6) is 5.75 Å². The lowest BCUT2D eigenvalue weighted by Gasteiger charge is -2.23. The molecule has 1 amide bonds. The van der Waals surface area contributed by atoms with Crippen LogP contribution in [0.1, 0.15) is 12.8 Å². The van der Waals surface area contributed by atoms with E-state index in [9.17, 15) is 13.2 Å². The highest BCUT2D eigenvalue weighted by atomic mass is 35.5. The molecule has 0 saturated carbocycles. The van der Waals surface area contributed by atoms with Gasteiger partial charge in [-0.1, -0.05) is 23.2 Å². The Morgan fingerprint density at radius 1 is 1.15 bits per heavy atom. The number of anilines is 1. The second-order valence-electron chi connectivity index (χ2n) is 6.07. The number of halogens is 2. The molecule has 1 heterocycles. The van der Waals surface area contributed by atoms with Crippen LogP contribution in [0, 0.1) is 0 Å². The number of rotatable bonds is 5. The molecule has 1 fully saturated rings. The Morgan fingerprint density at radius 3 is 2.48 bits per heavy atom. The predicted octanol–water partition coefficient (Wildman–Crippen LogP) is 3.79. The van der Waals surface area contributed by atoms with E-state index in [-0.39, 0.29) is 11.4 Å². The molecule has 0 bridgehead atoms. The van der Waals surface area contributed by atoms with Crippen LogP contribution in [0.4, 0.5) is 5.69 Å². The summed E-state index contributed by atoms with van der Waals surface area (Å²) in [7, 11) is -2.29. The summed E-state index contributed by atoms with van der Waals surface area (Å²) >= 11 is 11.8. The highest BCUT2D eigenvalue weighted by Crippen LogP contribution is 2.29. The minimum absolute atomic E-state index is 0.123. The molecule has 0 radical (unpaired) electrons. The van der Waals surface area contributed by atoms with E-state index in [1.165, 1.54) is 29.6 Å². The molecular formula is C18H18Cl2N2O4S. The molecule has 0 aliphatic carbocycles. The number of hydrogen-bond acceptors (Lipinski definition) is 4. The monoisotopic (exact) mass is 428 g/mol. The van der Waals surface area contributed by atoms with Crippen molar-refractivity contribution in [2.75, 3.05) is 19.0 Å². The highest BCUT2D eigenvalue weighted by molar-refractivity contribution is 7.89. The van der Waals surface area contributed by atoms with E-state index < -0.39 is 22.0 Å². The molecule has 0 aromatic heterocycles. The summed E-state index contributed by atoms with van der Waals surface area (Å²) < 4.78 is 32.2. The Bertz CT molecular complexity index is 948. The van der Waals surface area contributed by atoms with Crippen LogP contribution in [0.2, 0.25) is 10.0 Å². The molecule has 1 atom stereocenters. The molecule has 2 aromatic carbocycles. The Labute approximate surface area is 168 Å². The molecule has 0 spiro atoms. The van der Waals surface area contributed by atoms with Gasteiger partial charge < -0.3 is 10.1 Å². The van der Waals surface area contributed by atoms with Gasteiger partial charge in [0.15, 0.2) is 0 Å². The van der Waals surface area contributed by atoms with Gasteiger partial charge >= 0.3 is 0 Å². The third kappa shape index (κ3) is 4.21. The fraction of sp³-hybridized carbons (Fsp3) is 0.278. The normalized spacial score (nSPS) is 17.7. The molecule has 1 aliphatic heterocycles. The maximum absolute atomic E-state index is 13.0. The molecule has 1 N–H and O–H groups in total. The summed E-state index contributed by atoms with van der Waals surface area (Å²) in [6.07, 6.45) is 1.05.